The smallest absolute Gasteiger partial charge is 0.0516 e. The Hall–Kier alpha value is -0.0500. The molecule has 1 atom stereocenters. The minimum atomic E-state index is 0.642. The van der Waals surface area contributed by atoms with Crippen LogP contribution in [0, 0.1) is 5.92 Å². The van der Waals surface area contributed by atoms with E-state index in [-0.39, 0.29) is 0 Å². The molecular weight excluding hydrogens is 214 g/mol. The zero-order valence-electron chi connectivity index (χ0n) is 8.42. The van der Waals surface area contributed by atoms with Crippen LogP contribution in [-0.2, 0) is 6.54 Å². The predicted octanol–water partition coefficient (Wildman–Crippen LogP) is 3.68. The van der Waals surface area contributed by atoms with Crippen LogP contribution >= 0.6 is 22.9 Å². The lowest BCUT2D eigenvalue weighted by Gasteiger charge is -2.11. The fourth-order valence-electron chi connectivity index (χ4n) is 1.66. The van der Waals surface area contributed by atoms with E-state index < -0.39 is 0 Å². The molecular formula is C11H16ClNS. The first-order chi connectivity index (χ1) is 6.74. The number of halogens is 1. The molecule has 1 aliphatic rings. The molecule has 2 rings (SSSR count). The third kappa shape index (κ3) is 3.26. The van der Waals surface area contributed by atoms with E-state index in [1.54, 1.807) is 11.3 Å². The molecule has 78 valence electrons. The predicted molar refractivity (Wildman–Crippen MR) is 63.0 cm³/mol. The van der Waals surface area contributed by atoms with Gasteiger partial charge in [-0.05, 0) is 25.3 Å². The molecule has 1 N–H and O–H groups in total. The van der Waals surface area contributed by atoms with Crippen LogP contribution in [0.2, 0.25) is 5.02 Å². The summed E-state index contributed by atoms with van der Waals surface area (Å²) in [5.74, 6) is 1.00. The second kappa shape index (κ2) is 4.65. The van der Waals surface area contributed by atoms with E-state index in [9.17, 15) is 0 Å². The van der Waals surface area contributed by atoms with Crippen LogP contribution in [0.5, 0.6) is 0 Å². The van der Waals surface area contributed by atoms with Crippen molar-refractivity contribution in [3.63, 3.8) is 0 Å². The van der Waals surface area contributed by atoms with Crippen molar-refractivity contribution >= 4 is 22.9 Å². The fraction of sp³-hybridized carbons (Fsp3) is 0.636. The Morgan fingerprint density at radius 1 is 1.64 bits per heavy atom. The van der Waals surface area contributed by atoms with Crippen molar-refractivity contribution in [3.8, 4) is 0 Å². The van der Waals surface area contributed by atoms with Crippen LogP contribution in [0.25, 0.3) is 0 Å². The minimum Gasteiger partial charge on any atom is -0.309 e. The maximum absolute atomic E-state index is 5.85. The molecule has 1 unspecified atom stereocenters. The zero-order chi connectivity index (χ0) is 9.97. The molecule has 0 aliphatic heterocycles. The van der Waals surface area contributed by atoms with E-state index in [0.29, 0.717) is 6.04 Å². The average Bonchev–Trinajstić information content (AvgIpc) is 2.85. The van der Waals surface area contributed by atoms with Crippen molar-refractivity contribution in [2.24, 2.45) is 5.92 Å². The van der Waals surface area contributed by atoms with Gasteiger partial charge in [-0.25, -0.2) is 0 Å². The van der Waals surface area contributed by atoms with Gasteiger partial charge in [-0.2, -0.15) is 0 Å². The first-order valence-electron chi connectivity index (χ1n) is 5.20. The first-order valence-corrected chi connectivity index (χ1v) is 6.46. The summed E-state index contributed by atoms with van der Waals surface area (Å²) in [7, 11) is 0. The second-order valence-corrected chi connectivity index (χ2v) is 5.62. The summed E-state index contributed by atoms with van der Waals surface area (Å²) in [6, 6.07) is 2.69. The lowest BCUT2D eigenvalue weighted by Crippen LogP contribution is -2.25. The number of thiophene rings is 1. The molecule has 0 amide bonds. The first kappa shape index (κ1) is 10.5. The normalized spacial score (nSPS) is 18.4. The van der Waals surface area contributed by atoms with Gasteiger partial charge in [0.2, 0.25) is 0 Å². The summed E-state index contributed by atoms with van der Waals surface area (Å²) in [6.45, 7) is 3.23. The Bertz CT molecular complexity index is 293. The van der Waals surface area contributed by atoms with E-state index >= 15 is 0 Å². The number of rotatable bonds is 5. The molecule has 0 radical (unpaired) electrons. The molecule has 3 heteroatoms. The van der Waals surface area contributed by atoms with Gasteiger partial charge in [0.25, 0.3) is 0 Å². The van der Waals surface area contributed by atoms with Crippen molar-refractivity contribution in [2.75, 3.05) is 0 Å². The van der Waals surface area contributed by atoms with Crippen molar-refractivity contribution in [1.82, 2.24) is 5.32 Å². The van der Waals surface area contributed by atoms with Crippen LogP contribution in [0.3, 0.4) is 0 Å². The van der Waals surface area contributed by atoms with E-state index in [1.807, 2.05) is 11.4 Å². The van der Waals surface area contributed by atoms with Gasteiger partial charge in [0.15, 0.2) is 0 Å². The zero-order valence-corrected chi connectivity index (χ0v) is 10.00. The summed E-state index contributed by atoms with van der Waals surface area (Å²) in [5, 5.41) is 6.39. The van der Waals surface area contributed by atoms with Gasteiger partial charge in [-0.15, -0.1) is 11.3 Å². The Balaban J connectivity index is 1.70. The summed E-state index contributed by atoms with van der Waals surface area (Å²) < 4.78 is 0. The molecule has 0 saturated heterocycles. The van der Waals surface area contributed by atoms with Crippen LogP contribution < -0.4 is 5.32 Å². The highest BCUT2D eigenvalue weighted by atomic mass is 35.5. The van der Waals surface area contributed by atoms with Gasteiger partial charge < -0.3 is 5.32 Å². The highest BCUT2D eigenvalue weighted by Gasteiger charge is 2.23. The highest BCUT2D eigenvalue weighted by Crippen LogP contribution is 2.33. The monoisotopic (exact) mass is 229 g/mol. The molecule has 14 heavy (non-hydrogen) atoms. The maximum atomic E-state index is 5.85. The lowest BCUT2D eigenvalue weighted by molar-refractivity contribution is 0.490. The van der Waals surface area contributed by atoms with Crippen molar-refractivity contribution < 1.29 is 0 Å². The third-order valence-electron chi connectivity index (χ3n) is 2.63. The standard InChI is InChI=1S/C11H16ClNS/c1-8(4-9-2-3-9)13-6-11-5-10(12)7-14-11/h5,7-9,13H,2-4,6H2,1H3. The molecule has 0 bridgehead atoms. The lowest BCUT2D eigenvalue weighted by atomic mass is 10.1. The number of hydrogen-bond donors (Lipinski definition) is 1. The molecule has 1 aromatic rings. The minimum absolute atomic E-state index is 0.642. The van der Waals surface area contributed by atoms with E-state index in [1.165, 1.54) is 24.1 Å². The largest absolute Gasteiger partial charge is 0.309 e. The van der Waals surface area contributed by atoms with E-state index in [2.05, 4.69) is 12.2 Å². The molecule has 1 heterocycles. The summed E-state index contributed by atoms with van der Waals surface area (Å²) in [5.41, 5.74) is 0. The molecule has 1 saturated carbocycles. The summed E-state index contributed by atoms with van der Waals surface area (Å²) in [6.07, 6.45) is 4.22. The van der Waals surface area contributed by atoms with Crippen LogP contribution in [0.1, 0.15) is 31.1 Å². The number of nitrogens with one attached hydrogen (secondary N) is 1. The van der Waals surface area contributed by atoms with Gasteiger partial charge in [0.05, 0.1) is 5.02 Å². The summed E-state index contributed by atoms with van der Waals surface area (Å²) >= 11 is 7.58. The average molecular weight is 230 g/mol. The van der Waals surface area contributed by atoms with Crippen molar-refractivity contribution in [2.45, 2.75) is 38.8 Å². The van der Waals surface area contributed by atoms with Crippen molar-refractivity contribution in [1.29, 1.82) is 0 Å². The SMILES string of the molecule is CC(CC1CC1)NCc1cc(Cl)cs1. The molecule has 1 aromatic heterocycles. The third-order valence-corrected chi connectivity index (χ3v) is 3.91. The van der Waals surface area contributed by atoms with E-state index in [4.69, 9.17) is 11.6 Å². The number of hydrogen-bond acceptors (Lipinski definition) is 2. The molecule has 1 nitrogen and oxygen atoms in total. The topological polar surface area (TPSA) is 12.0 Å². The molecule has 0 spiro atoms. The van der Waals surface area contributed by atoms with Crippen LogP contribution in [0.4, 0.5) is 0 Å². The molecule has 0 aromatic carbocycles. The Kier molecular flexibility index (Phi) is 3.47. The van der Waals surface area contributed by atoms with Gasteiger partial charge in [0.1, 0.15) is 0 Å². The maximum Gasteiger partial charge on any atom is 0.0516 e. The van der Waals surface area contributed by atoms with E-state index in [0.717, 1.165) is 17.5 Å². The quantitative estimate of drug-likeness (QED) is 0.812. The molecule has 1 fully saturated rings. The van der Waals surface area contributed by atoms with Gasteiger partial charge in [0, 0.05) is 22.8 Å². The van der Waals surface area contributed by atoms with Crippen molar-refractivity contribution in [3.05, 3.63) is 21.3 Å². The summed E-state index contributed by atoms with van der Waals surface area (Å²) in [4.78, 5) is 1.33. The second-order valence-electron chi connectivity index (χ2n) is 4.19. The Morgan fingerprint density at radius 3 is 3.00 bits per heavy atom. The van der Waals surface area contributed by atoms with Crippen LogP contribution in [0.15, 0.2) is 11.4 Å². The Morgan fingerprint density at radius 2 is 2.43 bits per heavy atom. The van der Waals surface area contributed by atoms with Gasteiger partial charge >= 0.3 is 0 Å². The Labute approximate surface area is 94.5 Å². The van der Waals surface area contributed by atoms with Gasteiger partial charge in [-0.1, -0.05) is 24.4 Å². The molecule has 1 aliphatic carbocycles. The van der Waals surface area contributed by atoms with Gasteiger partial charge in [-0.3, -0.25) is 0 Å². The highest BCUT2D eigenvalue weighted by molar-refractivity contribution is 7.10. The fourth-order valence-corrected chi connectivity index (χ4v) is 2.68. The van der Waals surface area contributed by atoms with Crippen LogP contribution in [-0.4, -0.2) is 6.04 Å².